The molecule has 1 aliphatic rings. The third-order valence-corrected chi connectivity index (χ3v) is 1.23. The van der Waals surface area contributed by atoms with E-state index in [-0.39, 0.29) is 5.78 Å². The molecule has 0 saturated carbocycles. The first kappa shape index (κ1) is 6.20. The Morgan fingerprint density at radius 1 is 1.67 bits per heavy atom. The molecule has 48 valence electrons. The van der Waals surface area contributed by atoms with Gasteiger partial charge in [0.25, 0.3) is 0 Å². The van der Waals surface area contributed by atoms with E-state index in [1.165, 1.54) is 6.08 Å². The summed E-state index contributed by atoms with van der Waals surface area (Å²) in [7, 11) is 0. The van der Waals surface area contributed by atoms with E-state index in [2.05, 4.69) is 4.99 Å². The standard InChI is InChI=1S/C7H9NO/c1-2-3-6-7(9)4-5-8-6/h4-5H,2-3H2,1H3. The zero-order chi connectivity index (χ0) is 6.69. The quantitative estimate of drug-likeness (QED) is 0.544. The molecule has 1 rings (SSSR count). The summed E-state index contributed by atoms with van der Waals surface area (Å²) in [6.45, 7) is 2.04. The van der Waals surface area contributed by atoms with E-state index >= 15 is 0 Å². The van der Waals surface area contributed by atoms with Gasteiger partial charge < -0.3 is 0 Å². The second-order valence-corrected chi connectivity index (χ2v) is 2.01. The van der Waals surface area contributed by atoms with Crippen LogP contribution in [0.1, 0.15) is 19.8 Å². The highest BCUT2D eigenvalue weighted by molar-refractivity contribution is 6.45. The SMILES string of the molecule is CCCC1=NC=CC1=O. The maximum Gasteiger partial charge on any atom is 0.201 e. The topological polar surface area (TPSA) is 29.4 Å². The fourth-order valence-electron chi connectivity index (χ4n) is 0.779. The maximum absolute atomic E-state index is 10.7. The van der Waals surface area contributed by atoms with Crippen LogP contribution < -0.4 is 0 Å². The number of hydrogen-bond acceptors (Lipinski definition) is 2. The Hall–Kier alpha value is -0.920. The fraction of sp³-hybridized carbons (Fsp3) is 0.429. The second kappa shape index (κ2) is 2.58. The normalized spacial score (nSPS) is 16.6. The molecule has 0 atom stereocenters. The molecule has 0 saturated heterocycles. The van der Waals surface area contributed by atoms with E-state index in [1.807, 2.05) is 6.92 Å². The van der Waals surface area contributed by atoms with E-state index in [0.717, 1.165) is 12.8 Å². The highest BCUT2D eigenvalue weighted by Gasteiger charge is 2.09. The molecule has 1 aliphatic heterocycles. The van der Waals surface area contributed by atoms with Gasteiger partial charge in [-0.2, -0.15) is 0 Å². The summed E-state index contributed by atoms with van der Waals surface area (Å²) in [5, 5.41) is 0. The van der Waals surface area contributed by atoms with Crippen LogP contribution in [0.3, 0.4) is 0 Å². The molecule has 0 aromatic rings. The van der Waals surface area contributed by atoms with Crippen molar-refractivity contribution in [3.63, 3.8) is 0 Å². The summed E-state index contributed by atoms with van der Waals surface area (Å²) in [5.41, 5.74) is 0.706. The Kier molecular flexibility index (Phi) is 1.78. The van der Waals surface area contributed by atoms with E-state index in [1.54, 1.807) is 6.20 Å². The molecule has 0 fully saturated rings. The van der Waals surface area contributed by atoms with Crippen molar-refractivity contribution >= 4 is 11.5 Å². The monoisotopic (exact) mass is 123 g/mol. The van der Waals surface area contributed by atoms with Crippen molar-refractivity contribution in [2.75, 3.05) is 0 Å². The van der Waals surface area contributed by atoms with Gasteiger partial charge in [-0.1, -0.05) is 13.3 Å². The third kappa shape index (κ3) is 1.25. The van der Waals surface area contributed by atoms with Crippen molar-refractivity contribution in [1.82, 2.24) is 0 Å². The highest BCUT2D eigenvalue weighted by atomic mass is 16.1. The van der Waals surface area contributed by atoms with Gasteiger partial charge >= 0.3 is 0 Å². The van der Waals surface area contributed by atoms with Gasteiger partial charge in [0.2, 0.25) is 5.78 Å². The Balaban J connectivity index is 2.54. The van der Waals surface area contributed by atoms with Gasteiger partial charge in [0.05, 0.1) is 5.71 Å². The lowest BCUT2D eigenvalue weighted by atomic mass is 10.2. The van der Waals surface area contributed by atoms with Crippen LogP contribution in [0.5, 0.6) is 0 Å². The minimum atomic E-state index is 0.0804. The Morgan fingerprint density at radius 3 is 2.89 bits per heavy atom. The molecule has 2 nitrogen and oxygen atoms in total. The van der Waals surface area contributed by atoms with Gasteiger partial charge in [-0.05, 0) is 6.42 Å². The molecule has 0 spiro atoms. The van der Waals surface area contributed by atoms with Crippen LogP contribution in [0.4, 0.5) is 0 Å². The van der Waals surface area contributed by atoms with Crippen LogP contribution >= 0.6 is 0 Å². The Labute approximate surface area is 54.3 Å². The highest BCUT2D eigenvalue weighted by Crippen LogP contribution is 2.01. The predicted octanol–water partition coefficient (Wildman–Crippen LogP) is 1.32. The van der Waals surface area contributed by atoms with Crippen LogP contribution in [0.25, 0.3) is 0 Å². The lowest BCUT2D eigenvalue weighted by molar-refractivity contribution is -0.108. The van der Waals surface area contributed by atoms with Crippen molar-refractivity contribution in [1.29, 1.82) is 0 Å². The van der Waals surface area contributed by atoms with Gasteiger partial charge in [0.15, 0.2) is 0 Å². The Morgan fingerprint density at radius 2 is 2.44 bits per heavy atom. The summed E-state index contributed by atoms with van der Waals surface area (Å²) < 4.78 is 0. The summed E-state index contributed by atoms with van der Waals surface area (Å²) in [5.74, 6) is 0.0804. The Bertz CT molecular complexity index is 179. The number of hydrogen-bond donors (Lipinski definition) is 0. The van der Waals surface area contributed by atoms with E-state index in [0.29, 0.717) is 5.71 Å². The smallest absolute Gasteiger partial charge is 0.201 e. The number of allylic oxidation sites excluding steroid dienone is 1. The molecule has 0 unspecified atom stereocenters. The average molecular weight is 123 g/mol. The van der Waals surface area contributed by atoms with Crippen molar-refractivity contribution < 1.29 is 4.79 Å². The summed E-state index contributed by atoms with van der Waals surface area (Å²) >= 11 is 0. The number of carbonyl (C=O) groups excluding carboxylic acids is 1. The summed E-state index contributed by atoms with van der Waals surface area (Å²) in [6, 6.07) is 0. The molecular formula is C7H9NO. The van der Waals surface area contributed by atoms with Crippen LogP contribution in [0.15, 0.2) is 17.3 Å². The molecule has 0 N–H and O–H groups in total. The number of aliphatic imine (C=N–C) groups is 1. The summed E-state index contributed by atoms with van der Waals surface area (Å²) in [4.78, 5) is 14.6. The van der Waals surface area contributed by atoms with Crippen molar-refractivity contribution in [3.8, 4) is 0 Å². The first-order valence-corrected chi connectivity index (χ1v) is 3.12. The maximum atomic E-state index is 10.7. The third-order valence-electron chi connectivity index (χ3n) is 1.23. The number of nitrogens with zero attached hydrogens (tertiary/aromatic N) is 1. The largest absolute Gasteiger partial charge is 0.288 e. The van der Waals surface area contributed by atoms with Gasteiger partial charge in [-0.3, -0.25) is 9.79 Å². The molecule has 0 radical (unpaired) electrons. The van der Waals surface area contributed by atoms with Crippen LogP contribution in [0, 0.1) is 0 Å². The molecule has 1 heterocycles. The second-order valence-electron chi connectivity index (χ2n) is 2.01. The molecule has 0 aliphatic carbocycles. The van der Waals surface area contributed by atoms with Gasteiger partial charge in [0.1, 0.15) is 0 Å². The zero-order valence-electron chi connectivity index (χ0n) is 5.42. The average Bonchev–Trinajstić information content (AvgIpc) is 2.18. The van der Waals surface area contributed by atoms with Crippen molar-refractivity contribution in [2.45, 2.75) is 19.8 Å². The first-order valence-electron chi connectivity index (χ1n) is 3.12. The molecule has 0 bridgehead atoms. The molecule has 0 aromatic carbocycles. The number of rotatable bonds is 2. The lowest BCUT2D eigenvalue weighted by Crippen LogP contribution is -2.06. The zero-order valence-corrected chi connectivity index (χ0v) is 5.42. The summed E-state index contributed by atoms with van der Waals surface area (Å²) in [6.07, 6.45) is 4.87. The van der Waals surface area contributed by atoms with Crippen molar-refractivity contribution in [3.05, 3.63) is 12.3 Å². The van der Waals surface area contributed by atoms with E-state index in [9.17, 15) is 4.79 Å². The number of ketones is 1. The number of carbonyl (C=O) groups is 1. The van der Waals surface area contributed by atoms with Crippen molar-refractivity contribution in [2.24, 2.45) is 4.99 Å². The predicted molar refractivity (Wildman–Crippen MR) is 36.5 cm³/mol. The van der Waals surface area contributed by atoms with Crippen LogP contribution in [-0.4, -0.2) is 11.5 Å². The van der Waals surface area contributed by atoms with Gasteiger partial charge in [0, 0.05) is 12.3 Å². The lowest BCUT2D eigenvalue weighted by Gasteiger charge is -1.90. The van der Waals surface area contributed by atoms with Gasteiger partial charge in [-0.25, -0.2) is 0 Å². The van der Waals surface area contributed by atoms with E-state index in [4.69, 9.17) is 0 Å². The van der Waals surface area contributed by atoms with Crippen LogP contribution in [0.2, 0.25) is 0 Å². The van der Waals surface area contributed by atoms with E-state index < -0.39 is 0 Å². The minimum Gasteiger partial charge on any atom is -0.288 e. The molecule has 0 aromatic heterocycles. The molecule has 2 heteroatoms. The molecule has 0 amide bonds. The fourth-order valence-corrected chi connectivity index (χ4v) is 0.779. The van der Waals surface area contributed by atoms with Crippen LogP contribution in [-0.2, 0) is 4.79 Å². The minimum absolute atomic E-state index is 0.0804. The first-order chi connectivity index (χ1) is 4.34. The molecular weight excluding hydrogens is 114 g/mol. The molecule has 9 heavy (non-hydrogen) atoms. The van der Waals surface area contributed by atoms with Gasteiger partial charge in [-0.15, -0.1) is 0 Å².